The second-order valence-corrected chi connectivity index (χ2v) is 4.27. The van der Waals surface area contributed by atoms with Gasteiger partial charge >= 0.3 is 0 Å². The zero-order chi connectivity index (χ0) is 13.0. The average molecular weight is 247 g/mol. The molecule has 0 unspecified atom stereocenters. The van der Waals surface area contributed by atoms with Crippen LogP contribution in [0.5, 0.6) is 5.75 Å². The molecule has 0 bridgehead atoms. The van der Waals surface area contributed by atoms with Crippen LogP contribution in [0.3, 0.4) is 0 Å². The molecule has 5 heteroatoms. The summed E-state index contributed by atoms with van der Waals surface area (Å²) in [7, 11) is 0. The van der Waals surface area contributed by atoms with Gasteiger partial charge in [-0.3, -0.25) is 0 Å². The Labute approximate surface area is 106 Å². The lowest BCUT2D eigenvalue weighted by Gasteiger charge is -2.03. The van der Waals surface area contributed by atoms with Crippen molar-refractivity contribution < 1.29 is 9.26 Å². The molecule has 1 heterocycles. The Morgan fingerprint density at radius 1 is 1.28 bits per heavy atom. The predicted octanol–water partition coefficient (Wildman–Crippen LogP) is 2.20. The van der Waals surface area contributed by atoms with Crippen molar-refractivity contribution in [2.24, 2.45) is 5.73 Å². The van der Waals surface area contributed by atoms with Gasteiger partial charge in [0.05, 0.1) is 0 Å². The van der Waals surface area contributed by atoms with Crippen molar-refractivity contribution in [1.82, 2.24) is 10.1 Å². The first-order valence-electron chi connectivity index (χ1n) is 5.97. The second kappa shape index (κ2) is 5.64. The predicted molar refractivity (Wildman–Crippen MR) is 68.4 cm³/mol. The number of hydrogen-bond donors (Lipinski definition) is 1. The zero-order valence-electron chi connectivity index (χ0n) is 10.6. The van der Waals surface area contributed by atoms with E-state index >= 15 is 0 Å². The Balaban J connectivity index is 2.12. The van der Waals surface area contributed by atoms with Gasteiger partial charge in [-0.05, 0) is 24.3 Å². The molecule has 2 N–H and O–H groups in total. The fourth-order valence-electron chi connectivity index (χ4n) is 1.46. The van der Waals surface area contributed by atoms with Crippen LogP contribution < -0.4 is 10.5 Å². The van der Waals surface area contributed by atoms with Crippen LogP contribution >= 0.6 is 0 Å². The van der Waals surface area contributed by atoms with Crippen molar-refractivity contribution in [1.29, 1.82) is 0 Å². The number of ether oxygens (including phenoxy) is 1. The molecule has 0 saturated carbocycles. The summed E-state index contributed by atoms with van der Waals surface area (Å²) in [5, 5.41) is 3.93. The van der Waals surface area contributed by atoms with Crippen molar-refractivity contribution in [3.8, 4) is 17.2 Å². The van der Waals surface area contributed by atoms with Gasteiger partial charge in [0.25, 0.3) is 5.89 Å². The molecule has 2 rings (SSSR count). The van der Waals surface area contributed by atoms with Gasteiger partial charge in [-0.15, -0.1) is 0 Å². The minimum absolute atomic E-state index is 0.259. The van der Waals surface area contributed by atoms with Crippen LogP contribution in [0.4, 0.5) is 0 Å². The van der Waals surface area contributed by atoms with Gasteiger partial charge in [-0.25, -0.2) is 0 Å². The maximum atomic E-state index is 5.40. The van der Waals surface area contributed by atoms with E-state index in [2.05, 4.69) is 10.1 Å². The van der Waals surface area contributed by atoms with E-state index in [9.17, 15) is 0 Å². The summed E-state index contributed by atoms with van der Waals surface area (Å²) in [6.07, 6.45) is 0. The van der Waals surface area contributed by atoms with E-state index in [1.54, 1.807) is 0 Å². The van der Waals surface area contributed by atoms with Crippen molar-refractivity contribution in [2.45, 2.75) is 19.8 Å². The summed E-state index contributed by atoms with van der Waals surface area (Å²) in [6, 6.07) is 7.52. The van der Waals surface area contributed by atoms with Crippen LogP contribution in [0.1, 0.15) is 25.6 Å². The third-order valence-electron chi connectivity index (χ3n) is 2.45. The highest BCUT2D eigenvalue weighted by atomic mass is 16.5. The molecule has 18 heavy (non-hydrogen) atoms. The van der Waals surface area contributed by atoms with E-state index in [4.69, 9.17) is 15.0 Å². The number of nitrogens with two attached hydrogens (primary N) is 1. The first kappa shape index (κ1) is 12.6. The van der Waals surface area contributed by atoms with Crippen molar-refractivity contribution in [3.05, 3.63) is 30.1 Å². The minimum Gasteiger partial charge on any atom is -0.492 e. The molecule has 0 fully saturated rings. The van der Waals surface area contributed by atoms with E-state index in [1.165, 1.54) is 0 Å². The van der Waals surface area contributed by atoms with Crippen LogP contribution in [-0.4, -0.2) is 23.3 Å². The van der Waals surface area contributed by atoms with E-state index in [0.717, 1.165) is 11.3 Å². The second-order valence-electron chi connectivity index (χ2n) is 4.27. The molecule has 96 valence electrons. The number of benzene rings is 1. The molecule has 5 nitrogen and oxygen atoms in total. The molecular formula is C13H17N3O2. The van der Waals surface area contributed by atoms with Crippen molar-refractivity contribution in [3.63, 3.8) is 0 Å². The number of rotatable bonds is 5. The molecular weight excluding hydrogens is 230 g/mol. The maximum absolute atomic E-state index is 5.40. The monoisotopic (exact) mass is 247 g/mol. The highest BCUT2D eigenvalue weighted by molar-refractivity contribution is 5.54. The van der Waals surface area contributed by atoms with Gasteiger partial charge in [0.15, 0.2) is 5.82 Å². The summed E-state index contributed by atoms with van der Waals surface area (Å²) in [6.45, 7) is 5.07. The first-order valence-corrected chi connectivity index (χ1v) is 5.97. The van der Waals surface area contributed by atoms with E-state index in [1.807, 2.05) is 38.1 Å². The van der Waals surface area contributed by atoms with Gasteiger partial charge in [-0.2, -0.15) is 4.98 Å². The van der Waals surface area contributed by atoms with Crippen LogP contribution in [0.25, 0.3) is 11.5 Å². The normalized spacial score (nSPS) is 10.9. The SMILES string of the molecule is CC(C)c1noc(-c2ccc(OCCN)cc2)n1. The lowest BCUT2D eigenvalue weighted by Crippen LogP contribution is -2.10. The quantitative estimate of drug-likeness (QED) is 0.876. The summed E-state index contributed by atoms with van der Waals surface area (Å²) in [5.41, 5.74) is 6.25. The Hall–Kier alpha value is -1.88. The topological polar surface area (TPSA) is 74.2 Å². The lowest BCUT2D eigenvalue weighted by molar-refractivity contribution is 0.328. The van der Waals surface area contributed by atoms with Crippen molar-refractivity contribution in [2.75, 3.05) is 13.2 Å². The molecule has 0 aliphatic rings. The number of nitrogens with zero attached hydrogens (tertiary/aromatic N) is 2. The standard InChI is InChI=1S/C13H17N3O2/c1-9(2)12-15-13(18-16-12)10-3-5-11(6-4-10)17-8-7-14/h3-6,9H,7-8,14H2,1-2H3. The van der Waals surface area contributed by atoms with Crippen molar-refractivity contribution >= 4 is 0 Å². The molecule has 0 atom stereocenters. The third-order valence-corrected chi connectivity index (χ3v) is 2.45. The largest absolute Gasteiger partial charge is 0.492 e. The Morgan fingerprint density at radius 2 is 2.00 bits per heavy atom. The maximum Gasteiger partial charge on any atom is 0.257 e. The molecule has 2 aromatic rings. The van der Waals surface area contributed by atoms with E-state index in [0.29, 0.717) is 24.9 Å². The fraction of sp³-hybridized carbons (Fsp3) is 0.385. The number of aromatic nitrogens is 2. The molecule has 1 aromatic heterocycles. The zero-order valence-corrected chi connectivity index (χ0v) is 10.6. The summed E-state index contributed by atoms with van der Waals surface area (Å²) in [5.74, 6) is 2.29. The lowest BCUT2D eigenvalue weighted by atomic mass is 10.2. The molecule has 0 amide bonds. The average Bonchev–Trinajstić information content (AvgIpc) is 2.87. The molecule has 0 saturated heterocycles. The Bertz CT molecular complexity index is 491. The molecule has 0 aliphatic heterocycles. The van der Waals surface area contributed by atoms with Crippen LogP contribution in [0.15, 0.2) is 28.8 Å². The number of hydrogen-bond acceptors (Lipinski definition) is 5. The van der Waals surface area contributed by atoms with Crippen LogP contribution in [0.2, 0.25) is 0 Å². The van der Waals surface area contributed by atoms with Crippen LogP contribution in [-0.2, 0) is 0 Å². The van der Waals surface area contributed by atoms with Gasteiger partial charge in [0.2, 0.25) is 0 Å². The summed E-state index contributed by atoms with van der Waals surface area (Å²) >= 11 is 0. The van der Waals surface area contributed by atoms with Gasteiger partial charge < -0.3 is 15.0 Å². The van der Waals surface area contributed by atoms with E-state index in [-0.39, 0.29) is 5.92 Å². The molecule has 0 radical (unpaired) electrons. The van der Waals surface area contributed by atoms with Gasteiger partial charge in [-0.1, -0.05) is 19.0 Å². The van der Waals surface area contributed by atoms with E-state index < -0.39 is 0 Å². The smallest absolute Gasteiger partial charge is 0.257 e. The Kier molecular flexibility index (Phi) is 3.94. The first-order chi connectivity index (χ1) is 8.70. The Morgan fingerprint density at radius 3 is 2.56 bits per heavy atom. The highest BCUT2D eigenvalue weighted by Crippen LogP contribution is 2.22. The molecule has 0 spiro atoms. The van der Waals surface area contributed by atoms with Gasteiger partial charge in [0, 0.05) is 18.0 Å². The van der Waals surface area contributed by atoms with Gasteiger partial charge in [0.1, 0.15) is 12.4 Å². The van der Waals surface area contributed by atoms with Crippen LogP contribution in [0, 0.1) is 0 Å². The summed E-state index contributed by atoms with van der Waals surface area (Å²) < 4.78 is 10.6. The minimum atomic E-state index is 0.259. The highest BCUT2D eigenvalue weighted by Gasteiger charge is 2.11. The molecule has 1 aromatic carbocycles. The summed E-state index contributed by atoms with van der Waals surface area (Å²) in [4.78, 5) is 4.33. The molecule has 0 aliphatic carbocycles. The third kappa shape index (κ3) is 2.87. The fourth-order valence-corrected chi connectivity index (χ4v) is 1.46.